The van der Waals surface area contributed by atoms with Gasteiger partial charge < -0.3 is 19.5 Å². The minimum absolute atomic E-state index is 0.0266. The smallest absolute Gasteiger partial charge is 0.238 e. The first-order valence-electron chi connectivity index (χ1n) is 15.0. The minimum Gasteiger partial charge on any atom is -0.464 e. The summed E-state index contributed by atoms with van der Waals surface area (Å²) in [7, 11) is 0. The highest BCUT2D eigenvalue weighted by molar-refractivity contribution is 6.13. The third kappa shape index (κ3) is 3.41. The van der Waals surface area contributed by atoms with Gasteiger partial charge in [-0.1, -0.05) is 60.9 Å². The molecule has 2 aromatic rings. The summed E-state index contributed by atoms with van der Waals surface area (Å²) in [5, 5.41) is 3.17. The van der Waals surface area contributed by atoms with Gasteiger partial charge in [-0.3, -0.25) is 14.5 Å². The van der Waals surface area contributed by atoms with Crippen molar-refractivity contribution in [2.75, 3.05) is 11.9 Å². The number of para-hydroxylation sites is 1. The maximum Gasteiger partial charge on any atom is 0.238 e. The van der Waals surface area contributed by atoms with E-state index in [2.05, 4.69) is 16.3 Å². The van der Waals surface area contributed by atoms with Crippen LogP contribution in [0.4, 0.5) is 5.69 Å². The Hall–Kier alpha value is -3.00. The van der Waals surface area contributed by atoms with Crippen LogP contribution in [0.25, 0.3) is 0 Å². The second-order valence-electron chi connectivity index (χ2n) is 12.5. The number of Topliss-reactive ketones (excluding diaryl/α,β-unsaturated/α-hetero) is 1. The molecule has 8 rings (SSSR count). The molecule has 4 fully saturated rings. The number of rotatable bonds is 3. The Morgan fingerprint density at radius 3 is 2.58 bits per heavy atom. The number of carbonyl (C=O) groups is 2. The number of amides is 1. The highest BCUT2D eigenvalue weighted by Crippen LogP contribution is 2.59. The number of ether oxygens (including phenoxy) is 3. The van der Waals surface area contributed by atoms with E-state index >= 15 is 0 Å². The number of hydrogen-bond donors (Lipinski definition) is 1. The first-order chi connectivity index (χ1) is 19.5. The summed E-state index contributed by atoms with van der Waals surface area (Å²) in [6, 6.07) is 15.2. The number of piperidine rings is 1. The molecule has 0 radical (unpaired) electrons. The van der Waals surface area contributed by atoms with E-state index in [1.54, 1.807) is 0 Å². The van der Waals surface area contributed by atoms with Crippen molar-refractivity contribution in [3.63, 3.8) is 0 Å². The third-order valence-electron chi connectivity index (χ3n) is 10.3. The van der Waals surface area contributed by atoms with Crippen molar-refractivity contribution >= 4 is 17.4 Å². The number of nitrogens with one attached hydrogen (secondary N) is 1. The molecule has 2 spiro atoms. The van der Waals surface area contributed by atoms with Crippen LogP contribution in [0, 0.1) is 12.8 Å². The molecule has 1 aliphatic carbocycles. The van der Waals surface area contributed by atoms with E-state index in [1.165, 1.54) is 6.42 Å². The van der Waals surface area contributed by atoms with Crippen LogP contribution >= 0.6 is 0 Å². The van der Waals surface area contributed by atoms with Gasteiger partial charge in [-0.15, -0.1) is 0 Å². The molecule has 40 heavy (non-hydrogen) atoms. The van der Waals surface area contributed by atoms with Crippen molar-refractivity contribution in [3.05, 3.63) is 77.1 Å². The largest absolute Gasteiger partial charge is 0.464 e. The van der Waals surface area contributed by atoms with Crippen LogP contribution in [-0.4, -0.2) is 53.4 Å². The minimum atomic E-state index is -1.11. The quantitative estimate of drug-likeness (QED) is 0.537. The zero-order valence-electron chi connectivity index (χ0n) is 22.9. The molecule has 6 unspecified atom stereocenters. The molecule has 2 aromatic carbocycles. The lowest BCUT2D eigenvalue weighted by atomic mass is 9.64. The zero-order chi connectivity index (χ0) is 27.1. The number of aryl methyl sites for hydroxylation is 1. The second kappa shape index (κ2) is 9.00. The second-order valence-corrected chi connectivity index (χ2v) is 12.5. The fourth-order valence-electron chi connectivity index (χ4n) is 8.57. The Morgan fingerprint density at radius 2 is 1.77 bits per heavy atom. The molecule has 1 N–H and O–H groups in total. The Kier molecular flexibility index (Phi) is 5.57. The normalized spacial score (nSPS) is 35.7. The third-order valence-corrected chi connectivity index (χ3v) is 10.3. The van der Waals surface area contributed by atoms with Crippen LogP contribution in [-0.2, 0) is 24.4 Å². The van der Waals surface area contributed by atoms with Crippen molar-refractivity contribution in [1.82, 2.24) is 4.90 Å². The SMILES string of the molecule is Cc1ccc(C(=O)C2C3CCCCN3C(C3=CC4OC5(CCCCC5)OC4O3)C23C(=O)Nc2ccccc23)cc1. The molecular formula is C33H36N2O5. The number of benzene rings is 2. The molecule has 7 heteroatoms. The molecule has 6 aliphatic rings. The van der Waals surface area contributed by atoms with Gasteiger partial charge in [0.05, 0.1) is 12.0 Å². The Bertz CT molecular complexity index is 1400. The van der Waals surface area contributed by atoms with Crippen molar-refractivity contribution in [2.24, 2.45) is 5.92 Å². The number of anilines is 1. The van der Waals surface area contributed by atoms with E-state index in [1.807, 2.05) is 55.5 Å². The molecular weight excluding hydrogens is 504 g/mol. The predicted octanol–water partition coefficient (Wildman–Crippen LogP) is 5.24. The van der Waals surface area contributed by atoms with E-state index in [0.717, 1.165) is 68.3 Å². The van der Waals surface area contributed by atoms with Crippen LogP contribution < -0.4 is 5.32 Å². The molecule has 3 saturated heterocycles. The van der Waals surface area contributed by atoms with E-state index in [0.29, 0.717) is 11.3 Å². The molecule has 6 atom stereocenters. The van der Waals surface area contributed by atoms with E-state index in [-0.39, 0.29) is 23.8 Å². The lowest BCUT2D eigenvalue weighted by molar-refractivity contribution is -0.221. The Labute approximate surface area is 234 Å². The molecule has 0 aromatic heterocycles. The van der Waals surface area contributed by atoms with Gasteiger partial charge in [-0.2, -0.15) is 0 Å². The number of nitrogens with zero attached hydrogens (tertiary/aromatic N) is 1. The van der Waals surface area contributed by atoms with Crippen LogP contribution in [0.2, 0.25) is 0 Å². The number of ketones is 1. The molecule has 1 amide bonds. The van der Waals surface area contributed by atoms with Crippen molar-refractivity contribution in [3.8, 4) is 0 Å². The Balaban J connectivity index is 1.26. The predicted molar refractivity (Wildman–Crippen MR) is 149 cm³/mol. The average Bonchev–Trinajstić information content (AvgIpc) is 3.66. The number of carbonyl (C=O) groups excluding carboxylic acids is 2. The summed E-state index contributed by atoms with van der Waals surface area (Å²) in [6.07, 6.45) is 9.32. The molecule has 1 saturated carbocycles. The van der Waals surface area contributed by atoms with Crippen molar-refractivity contribution in [2.45, 2.75) is 94.0 Å². The maximum absolute atomic E-state index is 14.6. The standard InChI is InChI=1S/C33H36N2O5/c1-20-12-14-21(15-13-20)28(36)27-24-11-5-8-18-35(24)29(33(27)22-9-3-4-10-23(22)34-31(33)37)25-19-26-30(38-25)40-32(39-26)16-6-2-7-17-32/h3-4,9-10,12-15,19,24,26-27,29-30H,2,5-8,11,16-18H2,1H3,(H,34,37). The van der Waals surface area contributed by atoms with E-state index < -0.39 is 29.5 Å². The van der Waals surface area contributed by atoms with Crippen LogP contribution in [0.1, 0.15) is 72.9 Å². The van der Waals surface area contributed by atoms with E-state index in [9.17, 15) is 9.59 Å². The Morgan fingerprint density at radius 1 is 0.975 bits per heavy atom. The maximum atomic E-state index is 14.6. The summed E-state index contributed by atoms with van der Waals surface area (Å²) in [6.45, 7) is 2.83. The lowest BCUT2D eigenvalue weighted by Gasteiger charge is -2.38. The first-order valence-corrected chi connectivity index (χ1v) is 15.0. The molecule has 5 heterocycles. The highest BCUT2D eigenvalue weighted by Gasteiger charge is 2.71. The summed E-state index contributed by atoms with van der Waals surface area (Å²) in [4.78, 5) is 31.4. The van der Waals surface area contributed by atoms with Gasteiger partial charge in [0.25, 0.3) is 0 Å². The number of fused-ring (bicyclic) bond motifs is 4. The van der Waals surface area contributed by atoms with Gasteiger partial charge in [0.15, 0.2) is 11.6 Å². The topological polar surface area (TPSA) is 77.1 Å². The molecule has 5 aliphatic heterocycles. The molecule has 0 bridgehead atoms. The summed E-state index contributed by atoms with van der Waals surface area (Å²) >= 11 is 0. The van der Waals surface area contributed by atoms with Crippen LogP contribution in [0.15, 0.2) is 60.4 Å². The zero-order valence-corrected chi connectivity index (χ0v) is 22.9. The van der Waals surface area contributed by atoms with Crippen molar-refractivity contribution in [1.29, 1.82) is 0 Å². The van der Waals surface area contributed by atoms with Gasteiger partial charge in [-0.25, -0.2) is 0 Å². The number of hydrogen-bond acceptors (Lipinski definition) is 6. The average molecular weight is 541 g/mol. The van der Waals surface area contributed by atoms with Gasteiger partial charge in [0, 0.05) is 30.1 Å². The monoisotopic (exact) mass is 540 g/mol. The highest BCUT2D eigenvalue weighted by atomic mass is 16.8. The first kappa shape index (κ1) is 24.8. The van der Waals surface area contributed by atoms with Gasteiger partial charge in [-0.05, 0) is 56.9 Å². The lowest BCUT2D eigenvalue weighted by Crippen LogP contribution is -2.52. The van der Waals surface area contributed by atoms with Gasteiger partial charge in [0.1, 0.15) is 17.3 Å². The van der Waals surface area contributed by atoms with Gasteiger partial charge in [0.2, 0.25) is 12.2 Å². The van der Waals surface area contributed by atoms with Gasteiger partial charge >= 0.3 is 0 Å². The summed E-state index contributed by atoms with van der Waals surface area (Å²) in [5.41, 5.74) is 2.32. The van der Waals surface area contributed by atoms with Crippen molar-refractivity contribution < 1.29 is 23.8 Å². The molecule has 7 nitrogen and oxygen atoms in total. The van der Waals surface area contributed by atoms with E-state index in [4.69, 9.17) is 14.2 Å². The van der Waals surface area contributed by atoms with Crippen LogP contribution in [0.5, 0.6) is 0 Å². The van der Waals surface area contributed by atoms with Crippen LogP contribution in [0.3, 0.4) is 0 Å². The fraction of sp³-hybridized carbons (Fsp3) is 0.515. The molecule has 208 valence electrons. The fourth-order valence-corrected chi connectivity index (χ4v) is 8.57. The summed E-state index contributed by atoms with van der Waals surface area (Å²) < 4.78 is 19.6. The summed E-state index contributed by atoms with van der Waals surface area (Å²) in [5.74, 6) is -0.485.